The van der Waals surface area contributed by atoms with Crippen molar-refractivity contribution in [2.24, 2.45) is 0 Å². The Bertz CT molecular complexity index is 800. The number of rotatable bonds is 6. The van der Waals surface area contributed by atoms with Crippen LogP contribution in [0.2, 0.25) is 0 Å². The van der Waals surface area contributed by atoms with E-state index in [4.69, 9.17) is 0 Å². The summed E-state index contributed by atoms with van der Waals surface area (Å²) in [5.74, 6) is 1.41. The van der Waals surface area contributed by atoms with Gasteiger partial charge in [0.25, 0.3) is 5.91 Å². The Hall–Kier alpha value is -2.60. The van der Waals surface area contributed by atoms with E-state index in [0.29, 0.717) is 17.9 Å². The fraction of sp³-hybridized carbons (Fsp3) is 0.167. The number of aryl methyl sites for hydroxylation is 1. The van der Waals surface area contributed by atoms with Crippen molar-refractivity contribution in [2.45, 2.75) is 11.8 Å². The second kappa shape index (κ2) is 7.79. The molecule has 0 unspecified atom stereocenters. The highest BCUT2D eigenvalue weighted by Gasteiger charge is 2.07. The number of pyridine rings is 1. The number of hydrogen-bond donors (Lipinski definition) is 1. The minimum Gasteiger partial charge on any atom is -0.351 e. The summed E-state index contributed by atoms with van der Waals surface area (Å²) in [7, 11) is 0. The first kappa shape index (κ1) is 16.3. The van der Waals surface area contributed by atoms with Gasteiger partial charge in [0.1, 0.15) is 12.1 Å². The van der Waals surface area contributed by atoms with Gasteiger partial charge in [0.05, 0.1) is 0 Å². The first-order valence-electron chi connectivity index (χ1n) is 7.64. The lowest BCUT2D eigenvalue weighted by atomic mass is 10.2. The van der Waals surface area contributed by atoms with Gasteiger partial charge in [-0.25, -0.2) is 9.97 Å². The Kier molecular flexibility index (Phi) is 5.28. The molecule has 3 aromatic rings. The largest absolute Gasteiger partial charge is 0.351 e. The number of carbonyl (C=O) groups is 1. The van der Waals surface area contributed by atoms with Crippen molar-refractivity contribution in [2.75, 3.05) is 12.3 Å². The number of nitrogens with one attached hydrogen (secondary N) is 1. The van der Waals surface area contributed by atoms with Crippen LogP contribution in [0.4, 0.5) is 0 Å². The summed E-state index contributed by atoms with van der Waals surface area (Å²) in [6.07, 6.45) is 6.76. The van der Waals surface area contributed by atoms with Crippen LogP contribution >= 0.6 is 11.8 Å². The van der Waals surface area contributed by atoms with Crippen molar-refractivity contribution >= 4 is 17.7 Å². The number of imidazole rings is 1. The van der Waals surface area contributed by atoms with E-state index >= 15 is 0 Å². The zero-order chi connectivity index (χ0) is 16.8. The predicted molar refractivity (Wildman–Crippen MR) is 95.6 cm³/mol. The van der Waals surface area contributed by atoms with Crippen LogP contribution in [0.1, 0.15) is 15.9 Å². The molecule has 0 saturated carbocycles. The van der Waals surface area contributed by atoms with Crippen molar-refractivity contribution < 1.29 is 4.79 Å². The Morgan fingerprint density at radius 1 is 1.21 bits per heavy atom. The maximum absolute atomic E-state index is 12.2. The maximum Gasteiger partial charge on any atom is 0.251 e. The second-order valence-electron chi connectivity index (χ2n) is 5.29. The van der Waals surface area contributed by atoms with E-state index < -0.39 is 0 Å². The quantitative estimate of drug-likeness (QED) is 0.554. The van der Waals surface area contributed by atoms with E-state index in [2.05, 4.69) is 46.5 Å². The van der Waals surface area contributed by atoms with Gasteiger partial charge in [-0.2, -0.15) is 0 Å². The van der Waals surface area contributed by atoms with Gasteiger partial charge < -0.3 is 5.32 Å². The van der Waals surface area contributed by atoms with Gasteiger partial charge in [-0.05, 0) is 31.2 Å². The van der Waals surface area contributed by atoms with Gasteiger partial charge in [-0.1, -0.05) is 17.7 Å². The molecule has 5 nitrogen and oxygen atoms in total. The number of aromatic nitrogens is 3. The fourth-order valence-electron chi connectivity index (χ4n) is 2.17. The molecule has 1 aromatic carbocycles. The molecular weight excluding hydrogens is 320 g/mol. The lowest BCUT2D eigenvalue weighted by Gasteiger charge is -2.07. The van der Waals surface area contributed by atoms with E-state index in [1.165, 1.54) is 10.5 Å². The van der Waals surface area contributed by atoms with Gasteiger partial charge in [0.15, 0.2) is 0 Å². The molecule has 0 saturated heterocycles. The smallest absolute Gasteiger partial charge is 0.251 e. The highest BCUT2D eigenvalue weighted by atomic mass is 32.2. The van der Waals surface area contributed by atoms with E-state index in [9.17, 15) is 4.79 Å². The van der Waals surface area contributed by atoms with E-state index in [0.717, 1.165) is 5.75 Å². The number of thioether (sulfide) groups is 1. The van der Waals surface area contributed by atoms with Crippen LogP contribution in [-0.2, 0) is 0 Å². The summed E-state index contributed by atoms with van der Waals surface area (Å²) in [5.41, 5.74) is 1.84. The Balaban J connectivity index is 1.52. The standard InChI is InChI=1S/C18H18N4OS/c1-14-2-4-16(5-3-14)24-11-9-21-18(23)15-6-7-20-17(12-15)22-10-8-19-13-22/h2-8,10,12-13H,9,11H2,1H3,(H,21,23). The van der Waals surface area contributed by atoms with Crippen LogP contribution in [0.25, 0.3) is 5.82 Å². The van der Waals surface area contributed by atoms with Crippen molar-refractivity contribution in [3.8, 4) is 5.82 Å². The monoisotopic (exact) mass is 338 g/mol. The van der Waals surface area contributed by atoms with Crippen molar-refractivity contribution in [1.29, 1.82) is 0 Å². The molecule has 1 N–H and O–H groups in total. The van der Waals surface area contributed by atoms with Gasteiger partial charge in [-0.3, -0.25) is 9.36 Å². The lowest BCUT2D eigenvalue weighted by molar-refractivity contribution is 0.0956. The summed E-state index contributed by atoms with van der Waals surface area (Å²) < 4.78 is 1.77. The maximum atomic E-state index is 12.2. The number of carbonyl (C=O) groups excluding carboxylic acids is 1. The van der Waals surface area contributed by atoms with Crippen LogP contribution in [-0.4, -0.2) is 32.7 Å². The molecule has 0 atom stereocenters. The van der Waals surface area contributed by atoms with E-state index in [1.54, 1.807) is 53.4 Å². The average molecular weight is 338 g/mol. The topological polar surface area (TPSA) is 59.8 Å². The molecule has 0 bridgehead atoms. The van der Waals surface area contributed by atoms with Crippen LogP contribution < -0.4 is 5.32 Å². The molecule has 3 rings (SSSR count). The molecule has 2 aromatic heterocycles. The first-order valence-corrected chi connectivity index (χ1v) is 8.63. The minimum atomic E-state index is -0.0942. The SMILES string of the molecule is Cc1ccc(SCCNC(=O)c2ccnc(-n3ccnc3)c2)cc1. The van der Waals surface area contributed by atoms with Gasteiger partial charge in [-0.15, -0.1) is 11.8 Å². The molecule has 0 fully saturated rings. The normalized spacial score (nSPS) is 10.5. The van der Waals surface area contributed by atoms with Crippen LogP contribution in [0, 0.1) is 6.92 Å². The van der Waals surface area contributed by atoms with Crippen molar-refractivity contribution in [3.63, 3.8) is 0 Å². The summed E-state index contributed by atoms with van der Waals surface area (Å²) in [6, 6.07) is 11.8. The predicted octanol–water partition coefficient (Wildman–Crippen LogP) is 3.10. The lowest BCUT2D eigenvalue weighted by Crippen LogP contribution is -2.25. The summed E-state index contributed by atoms with van der Waals surface area (Å²) in [4.78, 5) is 21.7. The molecule has 6 heteroatoms. The zero-order valence-electron chi connectivity index (χ0n) is 13.3. The van der Waals surface area contributed by atoms with E-state index in [-0.39, 0.29) is 5.91 Å². The summed E-state index contributed by atoms with van der Waals surface area (Å²) in [6.45, 7) is 2.68. The van der Waals surface area contributed by atoms with Gasteiger partial charge in [0, 0.05) is 41.3 Å². The Morgan fingerprint density at radius 3 is 2.79 bits per heavy atom. The van der Waals surface area contributed by atoms with Gasteiger partial charge >= 0.3 is 0 Å². The Morgan fingerprint density at radius 2 is 2.04 bits per heavy atom. The number of nitrogens with zero attached hydrogens (tertiary/aromatic N) is 3. The highest BCUT2D eigenvalue weighted by Crippen LogP contribution is 2.17. The first-order chi connectivity index (χ1) is 11.7. The molecule has 0 aliphatic heterocycles. The molecule has 24 heavy (non-hydrogen) atoms. The molecule has 0 aliphatic rings. The fourth-order valence-corrected chi connectivity index (χ4v) is 2.93. The second-order valence-corrected chi connectivity index (χ2v) is 6.46. The number of benzene rings is 1. The number of amides is 1. The molecule has 0 spiro atoms. The average Bonchev–Trinajstić information content (AvgIpc) is 3.15. The Labute approximate surface area is 145 Å². The minimum absolute atomic E-state index is 0.0942. The summed E-state index contributed by atoms with van der Waals surface area (Å²) in [5, 5.41) is 2.94. The third-order valence-corrected chi connectivity index (χ3v) is 4.47. The van der Waals surface area contributed by atoms with Crippen LogP contribution in [0.15, 0.2) is 66.2 Å². The van der Waals surface area contributed by atoms with Crippen LogP contribution in [0.3, 0.4) is 0 Å². The third-order valence-electron chi connectivity index (χ3n) is 3.45. The molecule has 2 heterocycles. The molecular formula is C18H18N4OS. The van der Waals surface area contributed by atoms with Crippen molar-refractivity contribution in [3.05, 3.63) is 72.4 Å². The van der Waals surface area contributed by atoms with Crippen molar-refractivity contribution in [1.82, 2.24) is 19.9 Å². The van der Waals surface area contributed by atoms with Crippen LogP contribution in [0.5, 0.6) is 0 Å². The van der Waals surface area contributed by atoms with E-state index in [1.807, 2.05) is 0 Å². The molecule has 1 amide bonds. The third kappa shape index (κ3) is 4.23. The zero-order valence-corrected chi connectivity index (χ0v) is 14.2. The number of hydrogen-bond acceptors (Lipinski definition) is 4. The molecule has 0 aliphatic carbocycles. The molecule has 122 valence electrons. The highest BCUT2D eigenvalue weighted by molar-refractivity contribution is 7.99. The molecule has 0 radical (unpaired) electrons. The van der Waals surface area contributed by atoms with Gasteiger partial charge in [0.2, 0.25) is 0 Å². The summed E-state index contributed by atoms with van der Waals surface area (Å²) >= 11 is 1.73.